The minimum absolute atomic E-state index is 0.173. The van der Waals surface area contributed by atoms with Crippen molar-refractivity contribution < 1.29 is 22.4 Å². The number of amides is 2. The second kappa shape index (κ2) is 6.03. The number of nitrogens with one attached hydrogen (secondary N) is 2. The quantitative estimate of drug-likeness (QED) is 0.823. The van der Waals surface area contributed by atoms with Gasteiger partial charge in [0, 0.05) is 16.6 Å². The largest absolute Gasteiger partial charge is 0.405 e. The number of carbonyl (C=O) groups excluding carboxylic acids is 1. The first-order valence-electron chi connectivity index (χ1n) is 4.80. The minimum Gasteiger partial charge on any atom is -0.334 e. The van der Waals surface area contributed by atoms with Gasteiger partial charge in [-0.05, 0) is 18.2 Å². The van der Waals surface area contributed by atoms with Gasteiger partial charge >= 0.3 is 12.2 Å². The summed E-state index contributed by atoms with van der Waals surface area (Å²) < 4.78 is 49.2. The Morgan fingerprint density at radius 1 is 1.28 bits per heavy atom. The third kappa shape index (κ3) is 5.35. The van der Waals surface area contributed by atoms with Gasteiger partial charge in [0.05, 0.1) is 0 Å². The van der Waals surface area contributed by atoms with Crippen LogP contribution < -0.4 is 10.6 Å². The molecule has 0 spiro atoms. The molecule has 100 valence electrons. The van der Waals surface area contributed by atoms with Crippen LogP contribution in [0.15, 0.2) is 22.7 Å². The number of hydrogen-bond acceptors (Lipinski definition) is 1. The molecule has 1 aromatic rings. The number of urea groups is 1. The summed E-state index contributed by atoms with van der Waals surface area (Å²) in [6, 6.07) is 3.09. The fourth-order valence-electron chi connectivity index (χ4n) is 1.10. The highest BCUT2D eigenvalue weighted by atomic mass is 79.9. The number of halogens is 5. The smallest absolute Gasteiger partial charge is 0.334 e. The van der Waals surface area contributed by atoms with Crippen molar-refractivity contribution in [3.05, 3.63) is 34.1 Å². The van der Waals surface area contributed by atoms with E-state index < -0.39 is 24.6 Å². The fourth-order valence-corrected chi connectivity index (χ4v) is 1.51. The second-order valence-electron chi connectivity index (χ2n) is 3.39. The highest BCUT2D eigenvalue weighted by Gasteiger charge is 2.27. The summed E-state index contributed by atoms with van der Waals surface area (Å²) in [6.07, 6.45) is -4.47. The van der Waals surface area contributed by atoms with Crippen molar-refractivity contribution in [2.24, 2.45) is 0 Å². The lowest BCUT2D eigenvalue weighted by atomic mass is 10.2. The standard InChI is InChI=1S/C10H9BrF4N2O/c11-7-1-2-8(12)6(3-7)4-16-9(18)17-5-10(13,14)15/h1-3H,4-5H2,(H2,16,17,18). The third-order valence-corrected chi connectivity index (χ3v) is 2.39. The number of carbonyl (C=O) groups is 1. The molecule has 0 aliphatic heterocycles. The van der Waals surface area contributed by atoms with Crippen molar-refractivity contribution in [3.63, 3.8) is 0 Å². The average Bonchev–Trinajstić information content (AvgIpc) is 2.26. The van der Waals surface area contributed by atoms with Crippen LogP contribution in [0.2, 0.25) is 0 Å². The molecule has 0 unspecified atom stereocenters. The zero-order valence-corrected chi connectivity index (χ0v) is 10.5. The fraction of sp³-hybridized carbons (Fsp3) is 0.300. The Hall–Kier alpha value is -1.31. The molecule has 1 aromatic carbocycles. The summed E-state index contributed by atoms with van der Waals surface area (Å²) in [5, 5.41) is 3.75. The zero-order valence-electron chi connectivity index (χ0n) is 8.94. The molecule has 3 nitrogen and oxygen atoms in total. The van der Waals surface area contributed by atoms with Crippen molar-refractivity contribution in [2.45, 2.75) is 12.7 Å². The van der Waals surface area contributed by atoms with Crippen LogP contribution in [-0.2, 0) is 6.54 Å². The molecular weight excluding hydrogens is 320 g/mol. The minimum atomic E-state index is -4.47. The molecule has 0 radical (unpaired) electrons. The summed E-state index contributed by atoms with van der Waals surface area (Å²) >= 11 is 3.12. The average molecular weight is 329 g/mol. The van der Waals surface area contributed by atoms with Gasteiger partial charge < -0.3 is 10.6 Å². The highest BCUT2D eigenvalue weighted by Crippen LogP contribution is 2.15. The molecule has 8 heteroatoms. The van der Waals surface area contributed by atoms with Gasteiger partial charge in [-0.1, -0.05) is 15.9 Å². The molecule has 0 bridgehead atoms. The lowest BCUT2D eigenvalue weighted by Gasteiger charge is -2.10. The molecule has 2 N–H and O–H groups in total. The van der Waals surface area contributed by atoms with Gasteiger partial charge in [-0.2, -0.15) is 13.2 Å². The van der Waals surface area contributed by atoms with Crippen LogP contribution in [0, 0.1) is 5.82 Å². The molecule has 2 amide bonds. The van der Waals surface area contributed by atoms with E-state index in [-0.39, 0.29) is 12.1 Å². The Kier molecular flexibility index (Phi) is 4.94. The Bertz CT molecular complexity index is 436. The molecular formula is C10H9BrF4N2O. The summed E-state index contributed by atoms with van der Waals surface area (Å²) in [5.41, 5.74) is 0.173. The van der Waals surface area contributed by atoms with Crippen molar-refractivity contribution in [1.82, 2.24) is 10.6 Å². The first kappa shape index (κ1) is 14.7. The van der Waals surface area contributed by atoms with Crippen molar-refractivity contribution in [3.8, 4) is 0 Å². The molecule has 0 atom stereocenters. The van der Waals surface area contributed by atoms with Crippen molar-refractivity contribution in [1.29, 1.82) is 0 Å². The topological polar surface area (TPSA) is 41.1 Å². The monoisotopic (exact) mass is 328 g/mol. The maximum atomic E-state index is 13.2. The number of rotatable bonds is 3. The van der Waals surface area contributed by atoms with E-state index in [9.17, 15) is 22.4 Å². The van der Waals surface area contributed by atoms with Crippen LogP contribution in [0.5, 0.6) is 0 Å². The van der Waals surface area contributed by atoms with E-state index in [0.29, 0.717) is 4.47 Å². The summed E-state index contributed by atoms with van der Waals surface area (Å²) in [6.45, 7) is -1.63. The number of hydrogen-bond donors (Lipinski definition) is 2. The maximum absolute atomic E-state index is 13.2. The van der Waals surface area contributed by atoms with Crippen molar-refractivity contribution in [2.75, 3.05) is 6.54 Å². The van der Waals surface area contributed by atoms with Crippen LogP contribution >= 0.6 is 15.9 Å². The summed E-state index contributed by atoms with van der Waals surface area (Å²) in [7, 11) is 0. The van der Waals surface area contributed by atoms with E-state index in [1.165, 1.54) is 18.2 Å². The first-order chi connectivity index (χ1) is 8.28. The Morgan fingerprint density at radius 2 is 1.94 bits per heavy atom. The molecule has 0 aromatic heterocycles. The van der Waals surface area contributed by atoms with E-state index in [4.69, 9.17) is 0 Å². The van der Waals surface area contributed by atoms with Crippen LogP contribution in [0.4, 0.5) is 22.4 Å². The van der Waals surface area contributed by atoms with Gasteiger partial charge in [-0.25, -0.2) is 9.18 Å². The molecule has 0 saturated carbocycles. The van der Waals surface area contributed by atoms with Gasteiger partial charge in [-0.3, -0.25) is 0 Å². The van der Waals surface area contributed by atoms with E-state index in [2.05, 4.69) is 21.2 Å². The van der Waals surface area contributed by atoms with Gasteiger partial charge in [0.1, 0.15) is 12.4 Å². The van der Waals surface area contributed by atoms with Gasteiger partial charge in [-0.15, -0.1) is 0 Å². The van der Waals surface area contributed by atoms with E-state index in [0.717, 1.165) is 0 Å². The van der Waals surface area contributed by atoms with Crippen LogP contribution in [0.1, 0.15) is 5.56 Å². The molecule has 18 heavy (non-hydrogen) atoms. The normalized spacial score (nSPS) is 11.2. The lowest BCUT2D eigenvalue weighted by molar-refractivity contribution is -0.122. The lowest BCUT2D eigenvalue weighted by Crippen LogP contribution is -2.40. The molecule has 1 rings (SSSR count). The van der Waals surface area contributed by atoms with Crippen LogP contribution in [0.3, 0.4) is 0 Å². The van der Waals surface area contributed by atoms with Crippen LogP contribution in [0.25, 0.3) is 0 Å². The van der Waals surface area contributed by atoms with E-state index >= 15 is 0 Å². The summed E-state index contributed by atoms with van der Waals surface area (Å²) in [5.74, 6) is -0.547. The van der Waals surface area contributed by atoms with Crippen LogP contribution in [-0.4, -0.2) is 18.8 Å². The predicted octanol–water partition coefficient (Wildman–Crippen LogP) is 2.95. The number of alkyl halides is 3. The van der Waals surface area contributed by atoms with Gasteiger partial charge in [0.25, 0.3) is 0 Å². The highest BCUT2D eigenvalue weighted by molar-refractivity contribution is 9.10. The second-order valence-corrected chi connectivity index (χ2v) is 4.30. The maximum Gasteiger partial charge on any atom is 0.405 e. The van der Waals surface area contributed by atoms with E-state index in [1.807, 2.05) is 0 Å². The zero-order chi connectivity index (χ0) is 13.8. The van der Waals surface area contributed by atoms with Crippen molar-refractivity contribution >= 4 is 22.0 Å². The molecule has 0 fully saturated rings. The Labute approximate surface area is 109 Å². The molecule has 0 aliphatic rings. The number of benzene rings is 1. The summed E-state index contributed by atoms with van der Waals surface area (Å²) in [4.78, 5) is 11.0. The molecule has 0 saturated heterocycles. The Morgan fingerprint density at radius 3 is 2.56 bits per heavy atom. The van der Waals surface area contributed by atoms with Gasteiger partial charge in [0.15, 0.2) is 0 Å². The first-order valence-corrected chi connectivity index (χ1v) is 5.59. The third-order valence-electron chi connectivity index (χ3n) is 1.90. The van der Waals surface area contributed by atoms with Gasteiger partial charge in [0.2, 0.25) is 0 Å². The molecule has 0 heterocycles. The SMILES string of the molecule is O=C(NCc1cc(Br)ccc1F)NCC(F)(F)F. The predicted molar refractivity (Wildman–Crippen MR) is 60.4 cm³/mol. The van der Waals surface area contributed by atoms with E-state index in [1.54, 1.807) is 5.32 Å². The molecule has 0 aliphatic carbocycles. The Balaban J connectivity index is 2.45.